The van der Waals surface area contributed by atoms with Crippen molar-refractivity contribution in [2.24, 2.45) is 12.8 Å². The molecular weight excluding hydrogens is 356 g/mol. The third-order valence-corrected chi connectivity index (χ3v) is 5.31. The number of nitrogens with one attached hydrogen (secondary N) is 2. The van der Waals surface area contributed by atoms with Gasteiger partial charge in [-0.25, -0.2) is 14.8 Å². The maximum absolute atomic E-state index is 11.6. The van der Waals surface area contributed by atoms with Crippen molar-refractivity contribution in [1.82, 2.24) is 14.5 Å². The van der Waals surface area contributed by atoms with Crippen LogP contribution in [0.25, 0.3) is 10.9 Å². The minimum Gasteiger partial charge on any atom is -0.476 e. The topological polar surface area (TPSA) is 118 Å². The molecule has 0 saturated heterocycles. The highest BCUT2D eigenvalue weighted by atomic mass is 16.4. The van der Waals surface area contributed by atoms with Crippen LogP contribution in [0.4, 0.5) is 17.3 Å². The minimum atomic E-state index is -1.13. The Kier molecular flexibility index (Phi) is 4.87. The Morgan fingerprint density at radius 1 is 1.29 bits per heavy atom. The second-order valence-electron chi connectivity index (χ2n) is 7.25. The molecule has 0 spiro atoms. The fourth-order valence-electron chi connectivity index (χ4n) is 3.77. The Morgan fingerprint density at radius 3 is 2.89 bits per heavy atom. The molecular formula is C20H24N6O2. The van der Waals surface area contributed by atoms with Crippen molar-refractivity contribution >= 4 is 34.2 Å². The van der Waals surface area contributed by atoms with Crippen molar-refractivity contribution in [3.63, 3.8) is 0 Å². The van der Waals surface area contributed by atoms with E-state index in [4.69, 9.17) is 5.73 Å². The highest BCUT2D eigenvalue weighted by Gasteiger charge is 2.23. The molecule has 146 valence electrons. The number of nitrogens with two attached hydrogens (primary N) is 1. The molecule has 1 aliphatic carbocycles. The van der Waals surface area contributed by atoms with Gasteiger partial charge in [0, 0.05) is 41.9 Å². The summed E-state index contributed by atoms with van der Waals surface area (Å²) in [4.78, 5) is 20.3. The van der Waals surface area contributed by atoms with Gasteiger partial charge in [0.1, 0.15) is 5.82 Å². The number of hydrogen-bond donors (Lipinski definition) is 4. The van der Waals surface area contributed by atoms with Crippen LogP contribution in [0.5, 0.6) is 0 Å². The van der Waals surface area contributed by atoms with E-state index in [0.29, 0.717) is 5.82 Å². The van der Waals surface area contributed by atoms with Gasteiger partial charge < -0.3 is 26.0 Å². The van der Waals surface area contributed by atoms with Gasteiger partial charge in [-0.3, -0.25) is 0 Å². The van der Waals surface area contributed by atoms with Crippen molar-refractivity contribution in [2.45, 2.75) is 37.8 Å². The predicted octanol–water partition coefficient (Wildman–Crippen LogP) is 3.09. The van der Waals surface area contributed by atoms with Crippen molar-refractivity contribution in [1.29, 1.82) is 0 Å². The van der Waals surface area contributed by atoms with Crippen LogP contribution in [0, 0.1) is 0 Å². The molecule has 8 nitrogen and oxygen atoms in total. The summed E-state index contributed by atoms with van der Waals surface area (Å²) in [7, 11) is 1.96. The van der Waals surface area contributed by atoms with Crippen LogP contribution >= 0.6 is 0 Å². The number of aromatic nitrogens is 3. The highest BCUT2D eigenvalue weighted by Crippen LogP contribution is 2.28. The Balaban J connectivity index is 1.67. The number of hydrogen-bond acceptors (Lipinski definition) is 6. The Morgan fingerprint density at radius 2 is 2.11 bits per heavy atom. The van der Waals surface area contributed by atoms with Gasteiger partial charge in [0.05, 0.1) is 6.20 Å². The maximum atomic E-state index is 11.6. The van der Waals surface area contributed by atoms with Crippen LogP contribution in [-0.4, -0.2) is 37.7 Å². The molecule has 3 aromatic rings. The van der Waals surface area contributed by atoms with Gasteiger partial charge in [-0.2, -0.15) is 0 Å². The van der Waals surface area contributed by atoms with Crippen LogP contribution in [0.1, 0.15) is 36.2 Å². The summed E-state index contributed by atoms with van der Waals surface area (Å²) in [5.74, 6) is -0.399. The zero-order chi connectivity index (χ0) is 19.7. The molecule has 0 unspecified atom stereocenters. The number of carboxylic acid groups (broad SMARTS) is 1. The van der Waals surface area contributed by atoms with Crippen LogP contribution in [0.3, 0.4) is 0 Å². The first-order valence-corrected chi connectivity index (χ1v) is 9.46. The van der Waals surface area contributed by atoms with Crippen LogP contribution < -0.4 is 16.4 Å². The highest BCUT2D eigenvalue weighted by molar-refractivity contribution is 5.97. The lowest BCUT2D eigenvalue weighted by Crippen LogP contribution is -2.42. The predicted molar refractivity (Wildman–Crippen MR) is 109 cm³/mol. The summed E-state index contributed by atoms with van der Waals surface area (Å²) in [5.41, 5.74) is 7.91. The average Bonchev–Trinajstić information content (AvgIpc) is 3.06. The van der Waals surface area contributed by atoms with E-state index in [2.05, 4.69) is 20.6 Å². The molecule has 0 bridgehead atoms. The molecule has 1 fully saturated rings. The minimum absolute atomic E-state index is 0.0594. The van der Waals surface area contributed by atoms with Crippen molar-refractivity contribution in [3.8, 4) is 0 Å². The summed E-state index contributed by atoms with van der Waals surface area (Å²) >= 11 is 0. The third-order valence-electron chi connectivity index (χ3n) is 5.31. The quantitative estimate of drug-likeness (QED) is 0.537. The number of fused-ring (bicyclic) bond motifs is 1. The lowest BCUT2D eigenvalue weighted by molar-refractivity contribution is 0.0691. The molecule has 0 radical (unpaired) electrons. The Hall–Kier alpha value is -3.13. The summed E-state index contributed by atoms with van der Waals surface area (Å²) < 4.78 is 2.01. The maximum Gasteiger partial charge on any atom is 0.358 e. The first-order valence-electron chi connectivity index (χ1n) is 9.46. The largest absolute Gasteiger partial charge is 0.476 e. The fourth-order valence-corrected chi connectivity index (χ4v) is 3.77. The number of carboxylic acids is 1. The van der Waals surface area contributed by atoms with Gasteiger partial charge in [-0.1, -0.05) is 18.9 Å². The lowest BCUT2D eigenvalue weighted by atomic mass is 9.91. The zero-order valence-electron chi connectivity index (χ0n) is 15.7. The van der Waals surface area contributed by atoms with E-state index in [1.165, 1.54) is 6.20 Å². The van der Waals surface area contributed by atoms with Crippen molar-refractivity contribution in [3.05, 3.63) is 42.4 Å². The SMILES string of the molecule is Cn1ccc2c(Nc3nc(N[C@@H]4CCCC[C@@H]4N)cnc3C(=O)O)cccc21. The molecule has 0 aliphatic heterocycles. The molecule has 2 aromatic heterocycles. The number of benzene rings is 1. The molecule has 8 heteroatoms. The summed E-state index contributed by atoms with van der Waals surface area (Å²) in [5, 5.41) is 17.0. The Labute approximate surface area is 162 Å². The number of rotatable bonds is 5. The molecule has 28 heavy (non-hydrogen) atoms. The monoisotopic (exact) mass is 380 g/mol. The standard InChI is InChI=1S/C20H24N6O2/c1-26-10-9-12-14(7-4-8-16(12)26)24-19-18(20(27)28)22-11-17(25-19)23-15-6-3-2-5-13(15)21/h4,7-11,13,15H,2-3,5-6,21H2,1H3,(H,27,28)(H2,23,24,25)/t13-,15+/m0/s1. The van der Waals surface area contributed by atoms with Gasteiger partial charge >= 0.3 is 5.97 Å². The summed E-state index contributed by atoms with van der Waals surface area (Å²) in [6.45, 7) is 0. The normalized spacial score (nSPS) is 19.5. The van der Waals surface area contributed by atoms with Crippen LogP contribution in [0.15, 0.2) is 36.7 Å². The van der Waals surface area contributed by atoms with Gasteiger partial charge in [-0.15, -0.1) is 0 Å². The molecule has 1 aliphatic rings. The number of carbonyl (C=O) groups is 1. The van der Waals surface area contributed by atoms with Gasteiger partial charge in [0.15, 0.2) is 11.5 Å². The Bertz CT molecular complexity index is 1020. The van der Waals surface area contributed by atoms with Crippen LogP contribution in [0.2, 0.25) is 0 Å². The van der Waals surface area contributed by atoms with E-state index >= 15 is 0 Å². The molecule has 4 rings (SSSR count). The first kappa shape index (κ1) is 18.2. The lowest BCUT2D eigenvalue weighted by Gasteiger charge is -2.29. The van der Waals surface area contributed by atoms with Gasteiger partial charge in [-0.05, 0) is 31.0 Å². The first-order chi connectivity index (χ1) is 13.5. The van der Waals surface area contributed by atoms with Crippen molar-refractivity contribution < 1.29 is 9.90 Å². The number of anilines is 3. The fraction of sp³-hybridized carbons (Fsp3) is 0.350. The van der Waals surface area contributed by atoms with E-state index in [1.54, 1.807) is 0 Å². The molecule has 1 aromatic carbocycles. The van der Waals surface area contributed by atoms with Gasteiger partial charge in [0.2, 0.25) is 0 Å². The zero-order valence-corrected chi connectivity index (χ0v) is 15.7. The van der Waals surface area contributed by atoms with E-state index in [-0.39, 0.29) is 23.6 Å². The van der Waals surface area contributed by atoms with E-state index < -0.39 is 5.97 Å². The number of nitrogens with zero attached hydrogens (tertiary/aromatic N) is 3. The summed E-state index contributed by atoms with van der Waals surface area (Å²) in [6, 6.07) is 7.98. The van der Waals surface area contributed by atoms with E-state index in [0.717, 1.165) is 42.3 Å². The van der Waals surface area contributed by atoms with E-state index in [1.807, 2.05) is 42.1 Å². The smallest absolute Gasteiger partial charge is 0.358 e. The third kappa shape index (κ3) is 3.50. The average molecular weight is 380 g/mol. The molecule has 2 heterocycles. The number of aromatic carboxylic acids is 1. The van der Waals surface area contributed by atoms with Crippen LogP contribution in [-0.2, 0) is 7.05 Å². The second kappa shape index (κ2) is 7.47. The second-order valence-corrected chi connectivity index (χ2v) is 7.25. The molecule has 1 saturated carbocycles. The molecule has 0 amide bonds. The summed E-state index contributed by atoms with van der Waals surface area (Å²) in [6.07, 6.45) is 7.61. The van der Waals surface area contributed by atoms with Gasteiger partial charge in [0.25, 0.3) is 0 Å². The molecule has 2 atom stereocenters. The van der Waals surface area contributed by atoms with Crippen molar-refractivity contribution in [2.75, 3.05) is 10.6 Å². The molecule has 5 N–H and O–H groups in total. The number of aryl methyl sites for hydroxylation is 1. The van der Waals surface area contributed by atoms with E-state index in [9.17, 15) is 9.90 Å².